The third kappa shape index (κ3) is 4.80. The zero-order chi connectivity index (χ0) is 25.1. The molecule has 3 heterocycles. The predicted molar refractivity (Wildman–Crippen MR) is 129 cm³/mol. The third-order valence-corrected chi connectivity index (χ3v) is 5.51. The van der Waals surface area contributed by atoms with Gasteiger partial charge in [0.1, 0.15) is 23.4 Å². The Kier molecular flexibility index (Phi) is 6.18. The van der Waals surface area contributed by atoms with Gasteiger partial charge in [-0.2, -0.15) is 0 Å². The van der Waals surface area contributed by atoms with Crippen LogP contribution in [-0.4, -0.2) is 30.4 Å². The van der Waals surface area contributed by atoms with Crippen molar-refractivity contribution < 1.29 is 13.6 Å². The highest BCUT2D eigenvalue weighted by molar-refractivity contribution is 5.93. The molecule has 0 aliphatic carbocycles. The number of anilines is 2. The van der Waals surface area contributed by atoms with Crippen LogP contribution in [0.2, 0.25) is 0 Å². The number of halogens is 2. The molecule has 180 valence electrons. The van der Waals surface area contributed by atoms with Crippen LogP contribution >= 0.6 is 0 Å². The van der Waals surface area contributed by atoms with E-state index in [1.165, 1.54) is 24.9 Å². The molecule has 0 unspecified atom stereocenters. The van der Waals surface area contributed by atoms with Gasteiger partial charge in [0, 0.05) is 24.6 Å². The largest absolute Gasteiger partial charge is 0.348 e. The average Bonchev–Trinajstić information content (AvgIpc) is 3.37. The van der Waals surface area contributed by atoms with Crippen molar-refractivity contribution in [2.45, 2.75) is 13.1 Å². The summed E-state index contributed by atoms with van der Waals surface area (Å²) in [5.74, 6) is -1.92. The number of rotatable bonds is 7. The van der Waals surface area contributed by atoms with Gasteiger partial charge in [0.25, 0.3) is 11.5 Å². The highest BCUT2D eigenvalue weighted by Crippen LogP contribution is 2.22. The first kappa shape index (κ1) is 22.8. The first-order valence-corrected chi connectivity index (χ1v) is 10.9. The number of aromatic nitrogens is 5. The Balaban J connectivity index is 1.23. The zero-order valence-corrected chi connectivity index (χ0v) is 18.7. The zero-order valence-electron chi connectivity index (χ0n) is 18.7. The van der Waals surface area contributed by atoms with E-state index in [1.807, 2.05) is 30.3 Å². The molecule has 0 fully saturated rings. The standard InChI is InChI=1S/C25H19F2N7O2/c26-20-6-3-16(9-21(20)27)12-34-14-28-11-19(25(34)36)24(35)30-10-15-1-4-17(5-2-15)33-23-18-7-8-29-22(18)31-13-32-23/h1-9,11,13-14H,10,12H2,(H,30,35)(H2,29,31,32,33). The van der Waals surface area contributed by atoms with Gasteiger partial charge in [-0.3, -0.25) is 14.2 Å². The Hall–Kier alpha value is -4.93. The quantitative estimate of drug-likeness (QED) is 0.323. The summed E-state index contributed by atoms with van der Waals surface area (Å²) < 4.78 is 27.8. The maximum Gasteiger partial charge on any atom is 0.266 e. The lowest BCUT2D eigenvalue weighted by Crippen LogP contribution is -2.33. The fourth-order valence-corrected chi connectivity index (χ4v) is 3.65. The van der Waals surface area contributed by atoms with Crippen molar-refractivity contribution in [1.82, 2.24) is 29.8 Å². The molecule has 2 aromatic carbocycles. The molecule has 0 radical (unpaired) electrons. The van der Waals surface area contributed by atoms with E-state index in [0.29, 0.717) is 11.4 Å². The van der Waals surface area contributed by atoms with Crippen molar-refractivity contribution in [3.63, 3.8) is 0 Å². The van der Waals surface area contributed by atoms with E-state index in [0.717, 1.165) is 39.0 Å². The lowest BCUT2D eigenvalue weighted by molar-refractivity contribution is 0.0948. The SMILES string of the molecule is O=C(NCc1ccc(Nc2ncnc3[nH]ccc23)cc1)c1cncn(Cc2ccc(F)c(F)c2)c1=O. The molecule has 9 nitrogen and oxygen atoms in total. The summed E-state index contributed by atoms with van der Waals surface area (Å²) in [4.78, 5) is 40.8. The number of aromatic amines is 1. The molecule has 0 saturated carbocycles. The molecule has 0 aliphatic rings. The van der Waals surface area contributed by atoms with E-state index < -0.39 is 23.1 Å². The summed E-state index contributed by atoms with van der Waals surface area (Å²) in [5, 5.41) is 6.80. The van der Waals surface area contributed by atoms with Crippen molar-refractivity contribution in [1.29, 1.82) is 0 Å². The molecule has 36 heavy (non-hydrogen) atoms. The second kappa shape index (κ2) is 9.74. The van der Waals surface area contributed by atoms with E-state index in [4.69, 9.17) is 0 Å². The van der Waals surface area contributed by atoms with E-state index in [1.54, 1.807) is 6.20 Å². The number of carbonyl (C=O) groups excluding carboxylic acids is 1. The molecule has 1 amide bonds. The summed E-state index contributed by atoms with van der Waals surface area (Å²) in [6.07, 6.45) is 5.67. The normalized spacial score (nSPS) is 10.9. The molecule has 3 N–H and O–H groups in total. The van der Waals surface area contributed by atoms with Crippen LogP contribution in [0.3, 0.4) is 0 Å². The Morgan fingerprint density at radius 2 is 1.81 bits per heavy atom. The third-order valence-electron chi connectivity index (χ3n) is 5.51. The molecule has 0 spiro atoms. The molecule has 0 saturated heterocycles. The number of H-pyrrole nitrogens is 1. The van der Waals surface area contributed by atoms with E-state index >= 15 is 0 Å². The Labute approximate surface area is 202 Å². The van der Waals surface area contributed by atoms with Gasteiger partial charge in [-0.05, 0) is 41.5 Å². The van der Waals surface area contributed by atoms with Gasteiger partial charge < -0.3 is 15.6 Å². The van der Waals surface area contributed by atoms with Crippen LogP contribution in [0.5, 0.6) is 0 Å². The molecule has 0 atom stereocenters. The van der Waals surface area contributed by atoms with Gasteiger partial charge in [-0.15, -0.1) is 0 Å². The number of carbonyl (C=O) groups is 1. The molecule has 0 aliphatic heterocycles. The Morgan fingerprint density at radius 3 is 2.61 bits per heavy atom. The fourth-order valence-electron chi connectivity index (χ4n) is 3.65. The average molecular weight is 487 g/mol. The summed E-state index contributed by atoms with van der Waals surface area (Å²) in [7, 11) is 0. The number of nitrogens with one attached hydrogen (secondary N) is 3. The number of nitrogens with zero attached hydrogens (tertiary/aromatic N) is 4. The van der Waals surface area contributed by atoms with Crippen LogP contribution in [0.1, 0.15) is 21.5 Å². The lowest BCUT2D eigenvalue weighted by atomic mass is 10.2. The van der Waals surface area contributed by atoms with Crippen molar-refractivity contribution in [3.8, 4) is 0 Å². The number of amides is 1. The minimum Gasteiger partial charge on any atom is -0.348 e. The van der Waals surface area contributed by atoms with Crippen molar-refractivity contribution in [2.24, 2.45) is 0 Å². The second-order valence-electron chi connectivity index (χ2n) is 7.96. The summed E-state index contributed by atoms with van der Waals surface area (Å²) in [6.45, 7) is 0.131. The summed E-state index contributed by atoms with van der Waals surface area (Å²) in [5.41, 5.74) is 1.97. The van der Waals surface area contributed by atoms with Crippen LogP contribution in [0.15, 0.2) is 78.4 Å². The Bertz CT molecular complexity index is 1610. The maximum absolute atomic E-state index is 13.5. The molecule has 5 aromatic rings. The van der Waals surface area contributed by atoms with Gasteiger partial charge in [0.2, 0.25) is 0 Å². The lowest BCUT2D eigenvalue weighted by Gasteiger charge is -2.10. The van der Waals surface area contributed by atoms with Crippen LogP contribution in [0.25, 0.3) is 11.0 Å². The van der Waals surface area contributed by atoms with Gasteiger partial charge in [0.05, 0.1) is 18.3 Å². The number of benzene rings is 2. The first-order valence-electron chi connectivity index (χ1n) is 10.9. The van der Waals surface area contributed by atoms with Gasteiger partial charge in [-0.1, -0.05) is 18.2 Å². The van der Waals surface area contributed by atoms with Crippen LogP contribution in [0, 0.1) is 11.6 Å². The minimum absolute atomic E-state index is 0.0555. The van der Waals surface area contributed by atoms with E-state index in [2.05, 4.69) is 30.6 Å². The predicted octanol–water partition coefficient (Wildman–Crippen LogP) is 3.51. The molecule has 3 aromatic heterocycles. The summed E-state index contributed by atoms with van der Waals surface area (Å²) >= 11 is 0. The van der Waals surface area contributed by atoms with Gasteiger partial charge >= 0.3 is 0 Å². The summed E-state index contributed by atoms with van der Waals surface area (Å²) in [6, 6.07) is 12.6. The highest BCUT2D eigenvalue weighted by atomic mass is 19.2. The molecule has 0 bridgehead atoms. The van der Waals surface area contributed by atoms with Crippen LogP contribution < -0.4 is 16.2 Å². The number of hydrogen-bond donors (Lipinski definition) is 3. The van der Waals surface area contributed by atoms with Crippen molar-refractivity contribution in [2.75, 3.05) is 5.32 Å². The van der Waals surface area contributed by atoms with E-state index in [9.17, 15) is 18.4 Å². The number of hydrogen-bond acceptors (Lipinski definition) is 6. The molecular weight excluding hydrogens is 468 g/mol. The van der Waals surface area contributed by atoms with Crippen molar-refractivity contribution in [3.05, 3.63) is 112 Å². The first-order chi connectivity index (χ1) is 17.5. The van der Waals surface area contributed by atoms with Gasteiger partial charge in [0.15, 0.2) is 11.6 Å². The van der Waals surface area contributed by atoms with Gasteiger partial charge in [-0.25, -0.2) is 23.7 Å². The van der Waals surface area contributed by atoms with Crippen LogP contribution in [0.4, 0.5) is 20.3 Å². The molecule has 11 heteroatoms. The van der Waals surface area contributed by atoms with Crippen LogP contribution in [-0.2, 0) is 13.1 Å². The minimum atomic E-state index is -1.02. The molecule has 5 rings (SSSR count). The maximum atomic E-state index is 13.5. The van der Waals surface area contributed by atoms with Crippen molar-refractivity contribution >= 4 is 28.4 Å². The fraction of sp³-hybridized carbons (Fsp3) is 0.0800. The highest BCUT2D eigenvalue weighted by Gasteiger charge is 2.14. The second-order valence-corrected chi connectivity index (χ2v) is 7.96. The monoisotopic (exact) mass is 487 g/mol. The Morgan fingerprint density at radius 1 is 1.00 bits per heavy atom. The molecular formula is C25H19F2N7O2. The topological polar surface area (TPSA) is 118 Å². The smallest absolute Gasteiger partial charge is 0.266 e. The number of fused-ring (bicyclic) bond motifs is 1. The van der Waals surface area contributed by atoms with E-state index in [-0.39, 0.29) is 18.7 Å².